The molecule has 0 unspecified atom stereocenters. The van der Waals surface area contributed by atoms with Gasteiger partial charge in [0.05, 0.1) is 17.6 Å². The number of amides is 1. The van der Waals surface area contributed by atoms with Crippen LogP contribution in [0.1, 0.15) is 28.2 Å². The molecule has 7 nitrogen and oxygen atoms in total. The van der Waals surface area contributed by atoms with Gasteiger partial charge in [-0.05, 0) is 50.6 Å². The van der Waals surface area contributed by atoms with Crippen LogP contribution in [0.4, 0.5) is 11.5 Å². The smallest absolute Gasteiger partial charge is 0.276 e. The van der Waals surface area contributed by atoms with E-state index in [0.29, 0.717) is 11.4 Å². The molecule has 0 spiro atoms. The molecule has 5 rings (SSSR count). The number of hydrogen-bond acceptors (Lipinski definition) is 5. The van der Waals surface area contributed by atoms with Gasteiger partial charge in [0.1, 0.15) is 5.82 Å². The van der Waals surface area contributed by atoms with Crippen LogP contribution in [0.15, 0.2) is 48.7 Å². The number of nitrogens with zero attached hydrogens (tertiary/aromatic N) is 5. The van der Waals surface area contributed by atoms with E-state index < -0.39 is 0 Å². The van der Waals surface area contributed by atoms with E-state index in [1.807, 2.05) is 47.1 Å². The van der Waals surface area contributed by atoms with Crippen molar-refractivity contribution in [1.29, 1.82) is 0 Å². The van der Waals surface area contributed by atoms with Crippen LogP contribution in [0.2, 0.25) is 0 Å². The highest BCUT2D eigenvalue weighted by atomic mass is 16.2. The topological polar surface area (TPSA) is 66.3 Å². The Bertz CT molecular complexity index is 1040. The fourth-order valence-electron chi connectivity index (χ4n) is 4.28. The van der Waals surface area contributed by atoms with E-state index in [1.54, 1.807) is 6.20 Å². The lowest BCUT2D eigenvalue weighted by molar-refractivity contribution is 0.102. The first kappa shape index (κ1) is 18.8. The molecule has 0 saturated carbocycles. The summed E-state index contributed by atoms with van der Waals surface area (Å²) in [4.78, 5) is 22.2. The fraction of sp³-hybridized carbons (Fsp3) is 0.348. The van der Waals surface area contributed by atoms with Crippen molar-refractivity contribution in [2.24, 2.45) is 0 Å². The number of piperazine rings is 1. The molecule has 1 amide bonds. The molecule has 1 aromatic carbocycles. The first-order chi connectivity index (χ1) is 14.7. The van der Waals surface area contributed by atoms with Crippen molar-refractivity contribution < 1.29 is 4.79 Å². The van der Waals surface area contributed by atoms with Crippen LogP contribution in [0, 0.1) is 0 Å². The van der Waals surface area contributed by atoms with E-state index in [9.17, 15) is 4.79 Å². The third kappa shape index (κ3) is 3.57. The summed E-state index contributed by atoms with van der Waals surface area (Å²) in [5.41, 5.74) is 4.43. The van der Waals surface area contributed by atoms with E-state index in [1.165, 1.54) is 0 Å². The fourth-order valence-corrected chi connectivity index (χ4v) is 4.28. The van der Waals surface area contributed by atoms with Gasteiger partial charge in [-0.15, -0.1) is 0 Å². The summed E-state index contributed by atoms with van der Waals surface area (Å²) in [5.74, 6) is 0.785. The third-order valence-corrected chi connectivity index (χ3v) is 5.98. The van der Waals surface area contributed by atoms with Gasteiger partial charge in [-0.3, -0.25) is 4.79 Å². The number of anilines is 2. The van der Waals surface area contributed by atoms with Gasteiger partial charge in [0.25, 0.3) is 5.91 Å². The van der Waals surface area contributed by atoms with Crippen molar-refractivity contribution >= 4 is 17.4 Å². The predicted octanol–water partition coefficient (Wildman–Crippen LogP) is 2.76. The molecule has 0 radical (unpaired) electrons. The zero-order chi connectivity index (χ0) is 20.5. The molecule has 7 heteroatoms. The Balaban J connectivity index is 1.34. The number of fused-ring (bicyclic) bond motifs is 1. The molecule has 0 bridgehead atoms. The van der Waals surface area contributed by atoms with Crippen molar-refractivity contribution in [2.45, 2.75) is 19.3 Å². The van der Waals surface area contributed by atoms with E-state index in [0.717, 1.165) is 68.2 Å². The van der Waals surface area contributed by atoms with Gasteiger partial charge in [0.15, 0.2) is 5.69 Å². The van der Waals surface area contributed by atoms with Crippen LogP contribution in [0.25, 0.3) is 5.69 Å². The minimum absolute atomic E-state index is 0.169. The number of aromatic nitrogens is 3. The average Bonchev–Trinajstić information content (AvgIpc) is 3.38. The Labute approximate surface area is 176 Å². The van der Waals surface area contributed by atoms with E-state index in [2.05, 4.69) is 32.2 Å². The molecule has 2 aromatic heterocycles. The molecule has 1 saturated heterocycles. The van der Waals surface area contributed by atoms with E-state index >= 15 is 0 Å². The molecule has 1 fully saturated rings. The highest BCUT2D eigenvalue weighted by Gasteiger charge is 2.27. The zero-order valence-corrected chi connectivity index (χ0v) is 17.2. The first-order valence-electron chi connectivity index (χ1n) is 10.6. The van der Waals surface area contributed by atoms with Crippen LogP contribution < -0.4 is 10.2 Å². The standard InChI is InChI=1S/C23H26N6O/c1-27-12-14-28(15-13-27)21-11-10-17(16-24-21)25-23(30)22-19-8-5-9-20(19)29(26-22)18-6-3-2-4-7-18/h2-4,6-7,10-11,16H,5,8-9,12-15H2,1H3,(H,25,30). The monoisotopic (exact) mass is 402 g/mol. The Kier molecular flexibility index (Phi) is 4.96. The maximum atomic E-state index is 13.0. The SMILES string of the molecule is CN1CCN(c2ccc(NC(=O)c3nn(-c4ccccc4)c4c3CCC4)cn2)CC1. The molecule has 3 heterocycles. The number of pyridine rings is 1. The lowest BCUT2D eigenvalue weighted by Gasteiger charge is -2.33. The Morgan fingerprint density at radius 1 is 1.00 bits per heavy atom. The maximum absolute atomic E-state index is 13.0. The molecule has 0 atom stereocenters. The van der Waals surface area contributed by atoms with Crippen molar-refractivity contribution in [2.75, 3.05) is 43.4 Å². The summed E-state index contributed by atoms with van der Waals surface area (Å²) < 4.78 is 1.92. The maximum Gasteiger partial charge on any atom is 0.276 e. The number of benzene rings is 1. The van der Waals surface area contributed by atoms with E-state index in [-0.39, 0.29) is 5.91 Å². The zero-order valence-electron chi connectivity index (χ0n) is 17.2. The van der Waals surface area contributed by atoms with Gasteiger partial charge in [0.2, 0.25) is 0 Å². The lowest BCUT2D eigenvalue weighted by Crippen LogP contribution is -2.44. The number of rotatable bonds is 4. The van der Waals surface area contributed by atoms with Gasteiger partial charge >= 0.3 is 0 Å². The summed E-state index contributed by atoms with van der Waals surface area (Å²) in [6, 6.07) is 13.9. The summed E-state index contributed by atoms with van der Waals surface area (Å²) in [5, 5.41) is 7.65. The average molecular weight is 403 g/mol. The largest absolute Gasteiger partial charge is 0.354 e. The van der Waals surface area contributed by atoms with Crippen LogP contribution in [0.5, 0.6) is 0 Å². The first-order valence-corrected chi connectivity index (χ1v) is 10.6. The predicted molar refractivity (Wildman–Crippen MR) is 117 cm³/mol. The van der Waals surface area contributed by atoms with Crippen LogP contribution in [-0.2, 0) is 12.8 Å². The molecule has 1 N–H and O–H groups in total. The summed E-state index contributed by atoms with van der Waals surface area (Å²) in [6.45, 7) is 4.02. The summed E-state index contributed by atoms with van der Waals surface area (Å²) in [7, 11) is 2.14. The number of likely N-dealkylation sites (N-methyl/N-ethyl adjacent to an activating group) is 1. The van der Waals surface area contributed by atoms with Crippen LogP contribution in [-0.4, -0.2) is 58.8 Å². The Hall–Kier alpha value is -3.19. The number of carbonyl (C=O) groups excluding carboxylic acids is 1. The number of carbonyl (C=O) groups is 1. The van der Waals surface area contributed by atoms with E-state index in [4.69, 9.17) is 0 Å². The Morgan fingerprint density at radius 3 is 2.53 bits per heavy atom. The van der Waals surface area contributed by atoms with Crippen LogP contribution in [0.3, 0.4) is 0 Å². The second-order valence-electron chi connectivity index (χ2n) is 8.02. The lowest BCUT2D eigenvalue weighted by atomic mass is 10.2. The van der Waals surface area contributed by atoms with Crippen molar-refractivity contribution in [3.63, 3.8) is 0 Å². The molecule has 1 aliphatic carbocycles. The van der Waals surface area contributed by atoms with Crippen molar-refractivity contribution in [1.82, 2.24) is 19.7 Å². The van der Waals surface area contributed by atoms with Crippen molar-refractivity contribution in [3.8, 4) is 5.69 Å². The Morgan fingerprint density at radius 2 is 1.80 bits per heavy atom. The quantitative estimate of drug-likeness (QED) is 0.727. The minimum atomic E-state index is -0.169. The molecule has 30 heavy (non-hydrogen) atoms. The number of para-hydroxylation sites is 1. The second-order valence-corrected chi connectivity index (χ2v) is 8.02. The molecule has 2 aliphatic rings. The van der Waals surface area contributed by atoms with Gasteiger partial charge in [-0.1, -0.05) is 18.2 Å². The highest BCUT2D eigenvalue weighted by molar-refractivity contribution is 6.04. The van der Waals surface area contributed by atoms with Crippen LogP contribution >= 0.6 is 0 Å². The molecule has 3 aromatic rings. The minimum Gasteiger partial charge on any atom is -0.354 e. The van der Waals surface area contributed by atoms with Gasteiger partial charge in [-0.25, -0.2) is 9.67 Å². The van der Waals surface area contributed by atoms with Gasteiger partial charge < -0.3 is 15.1 Å². The number of hydrogen-bond donors (Lipinski definition) is 1. The normalized spacial score (nSPS) is 16.5. The van der Waals surface area contributed by atoms with Crippen molar-refractivity contribution in [3.05, 3.63) is 65.6 Å². The number of nitrogens with one attached hydrogen (secondary N) is 1. The molecular formula is C23H26N6O. The van der Waals surface area contributed by atoms with Gasteiger partial charge in [0, 0.05) is 37.4 Å². The molecule has 154 valence electrons. The molecular weight excluding hydrogens is 376 g/mol. The third-order valence-electron chi connectivity index (χ3n) is 5.98. The summed E-state index contributed by atoms with van der Waals surface area (Å²) >= 11 is 0. The highest BCUT2D eigenvalue weighted by Crippen LogP contribution is 2.28. The van der Waals surface area contributed by atoms with Gasteiger partial charge in [-0.2, -0.15) is 5.10 Å². The summed E-state index contributed by atoms with van der Waals surface area (Å²) in [6.07, 6.45) is 4.64. The second kappa shape index (κ2) is 7.91. The molecule has 1 aliphatic heterocycles.